The molecule has 0 unspecified atom stereocenters. The number of carbonyl (C=O) groups excluding carboxylic acids is 1. The van der Waals surface area contributed by atoms with Crippen molar-refractivity contribution in [2.45, 2.75) is 13.3 Å². The third kappa shape index (κ3) is 4.29. The van der Waals surface area contributed by atoms with Gasteiger partial charge in [0.2, 0.25) is 5.91 Å². The fourth-order valence-electron chi connectivity index (χ4n) is 4.00. The maximum Gasteiger partial charge on any atom is 0.344 e. The van der Waals surface area contributed by atoms with Crippen LogP contribution in [0.25, 0.3) is 33.1 Å². The molecule has 0 atom stereocenters. The third-order valence-electron chi connectivity index (χ3n) is 5.67. The number of carbonyl (C=O) groups is 1. The summed E-state index contributed by atoms with van der Waals surface area (Å²) in [6, 6.07) is 16.4. The third-order valence-corrected chi connectivity index (χ3v) is 5.92. The molecule has 5 aromatic rings. The number of amides is 1. The van der Waals surface area contributed by atoms with Gasteiger partial charge >= 0.3 is 5.63 Å². The number of phenolic OH excluding ortho intramolecular Hbond substituents is 1. The molecule has 35 heavy (non-hydrogen) atoms. The van der Waals surface area contributed by atoms with Crippen molar-refractivity contribution in [3.05, 3.63) is 104 Å². The highest BCUT2D eigenvalue weighted by Crippen LogP contribution is 2.31. The van der Waals surface area contributed by atoms with Crippen molar-refractivity contribution >= 4 is 45.1 Å². The molecule has 0 spiro atoms. The summed E-state index contributed by atoms with van der Waals surface area (Å²) in [7, 11) is 0. The zero-order chi connectivity index (χ0) is 24.7. The Morgan fingerprint density at radius 1 is 1.03 bits per heavy atom. The molecule has 3 aromatic carbocycles. The molecule has 0 saturated carbocycles. The summed E-state index contributed by atoms with van der Waals surface area (Å²) >= 11 is 5.95. The number of aromatic hydroxyl groups is 1. The molecule has 174 valence electrons. The Morgan fingerprint density at radius 2 is 1.80 bits per heavy atom. The molecule has 1 amide bonds. The predicted molar refractivity (Wildman–Crippen MR) is 134 cm³/mol. The standard InChI is InChI=1S/C27H18ClNO6/c1-14(30)29-19-7-9-24-22(12-19)25(32)17(13-34-24)11-21-23(31)8-4-16-10-20(27(33)35-26(16)21)15-2-5-18(28)6-3-15/h2-10,12-13,31H,11H2,1H3,(H,29,30). The molecular formula is C27H18ClNO6. The molecule has 0 radical (unpaired) electrons. The minimum Gasteiger partial charge on any atom is -0.508 e. The van der Waals surface area contributed by atoms with Crippen LogP contribution in [-0.4, -0.2) is 11.0 Å². The smallest absolute Gasteiger partial charge is 0.344 e. The quantitative estimate of drug-likeness (QED) is 0.325. The molecule has 7 nitrogen and oxygen atoms in total. The van der Waals surface area contributed by atoms with Crippen LogP contribution in [0.5, 0.6) is 5.75 Å². The van der Waals surface area contributed by atoms with Crippen LogP contribution in [0.1, 0.15) is 18.1 Å². The zero-order valence-corrected chi connectivity index (χ0v) is 19.2. The minimum atomic E-state index is -0.586. The van der Waals surface area contributed by atoms with E-state index in [9.17, 15) is 19.5 Å². The molecule has 0 aliphatic rings. The first-order chi connectivity index (χ1) is 16.8. The first kappa shape index (κ1) is 22.4. The molecule has 2 aromatic heterocycles. The van der Waals surface area contributed by atoms with E-state index in [1.54, 1.807) is 48.5 Å². The molecule has 0 aliphatic carbocycles. The number of benzene rings is 3. The van der Waals surface area contributed by atoms with Gasteiger partial charge in [0.25, 0.3) is 0 Å². The molecule has 5 rings (SSSR count). The number of fused-ring (bicyclic) bond motifs is 2. The molecule has 8 heteroatoms. The summed E-state index contributed by atoms with van der Waals surface area (Å²) in [5.74, 6) is -0.384. The van der Waals surface area contributed by atoms with Crippen LogP contribution in [0.2, 0.25) is 5.02 Å². The van der Waals surface area contributed by atoms with Crippen molar-refractivity contribution in [3.8, 4) is 16.9 Å². The second-order valence-corrected chi connectivity index (χ2v) is 8.53. The lowest BCUT2D eigenvalue weighted by molar-refractivity contribution is -0.114. The van der Waals surface area contributed by atoms with Crippen LogP contribution in [0.4, 0.5) is 5.69 Å². The summed E-state index contributed by atoms with van der Waals surface area (Å²) in [6.07, 6.45) is 1.29. The van der Waals surface area contributed by atoms with Gasteiger partial charge in [0.05, 0.1) is 17.2 Å². The number of rotatable bonds is 4. The van der Waals surface area contributed by atoms with E-state index < -0.39 is 5.63 Å². The largest absolute Gasteiger partial charge is 0.508 e. The van der Waals surface area contributed by atoms with Crippen molar-refractivity contribution in [1.29, 1.82) is 0 Å². The van der Waals surface area contributed by atoms with Crippen molar-refractivity contribution in [2.24, 2.45) is 0 Å². The summed E-state index contributed by atoms with van der Waals surface area (Å²) in [4.78, 5) is 37.4. The molecule has 0 saturated heterocycles. The second-order valence-electron chi connectivity index (χ2n) is 8.09. The van der Waals surface area contributed by atoms with Gasteiger partial charge in [0.1, 0.15) is 16.9 Å². The molecular weight excluding hydrogens is 470 g/mol. The Hall–Kier alpha value is -4.36. The number of hydrogen-bond acceptors (Lipinski definition) is 6. The molecule has 0 bridgehead atoms. The van der Waals surface area contributed by atoms with E-state index in [4.69, 9.17) is 20.4 Å². The molecule has 0 fully saturated rings. The summed E-state index contributed by atoms with van der Waals surface area (Å²) in [5, 5.41) is 14.6. The van der Waals surface area contributed by atoms with Crippen LogP contribution in [0, 0.1) is 0 Å². The highest BCUT2D eigenvalue weighted by atomic mass is 35.5. The normalized spacial score (nSPS) is 11.1. The number of nitrogens with one attached hydrogen (secondary N) is 1. The van der Waals surface area contributed by atoms with Gasteiger partial charge in [0.15, 0.2) is 5.43 Å². The van der Waals surface area contributed by atoms with Gasteiger partial charge in [-0.15, -0.1) is 0 Å². The van der Waals surface area contributed by atoms with E-state index >= 15 is 0 Å². The fourth-order valence-corrected chi connectivity index (χ4v) is 4.12. The summed E-state index contributed by atoms with van der Waals surface area (Å²) in [5.41, 5.74) is 1.62. The van der Waals surface area contributed by atoms with Gasteiger partial charge < -0.3 is 19.3 Å². The van der Waals surface area contributed by atoms with E-state index in [0.29, 0.717) is 32.8 Å². The monoisotopic (exact) mass is 487 g/mol. The molecule has 2 heterocycles. The van der Waals surface area contributed by atoms with Crippen LogP contribution in [-0.2, 0) is 11.2 Å². The highest BCUT2D eigenvalue weighted by Gasteiger charge is 2.17. The lowest BCUT2D eigenvalue weighted by Gasteiger charge is -2.10. The van der Waals surface area contributed by atoms with Crippen molar-refractivity contribution in [2.75, 3.05) is 5.32 Å². The van der Waals surface area contributed by atoms with Crippen molar-refractivity contribution in [3.63, 3.8) is 0 Å². The highest BCUT2D eigenvalue weighted by molar-refractivity contribution is 6.30. The lowest BCUT2D eigenvalue weighted by Crippen LogP contribution is -2.11. The van der Waals surface area contributed by atoms with Crippen molar-refractivity contribution in [1.82, 2.24) is 0 Å². The Labute approximate surface area is 203 Å². The van der Waals surface area contributed by atoms with E-state index in [1.807, 2.05) is 0 Å². The van der Waals surface area contributed by atoms with Gasteiger partial charge in [0, 0.05) is 40.6 Å². The van der Waals surface area contributed by atoms with Crippen molar-refractivity contribution < 1.29 is 18.7 Å². The first-order valence-corrected chi connectivity index (χ1v) is 11.0. The molecule has 0 aliphatic heterocycles. The number of phenols is 1. The van der Waals surface area contributed by atoms with Gasteiger partial charge in [-0.1, -0.05) is 23.7 Å². The second kappa shape index (κ2) is 8.77. The topological polar surface area (TPSA) is 110 Å². The Morgan fingerprint density at radius 3 is 2.54 bits per heavy atom. The van der Waals surface area contributed by atoms with E-state index in [1.165, 1.54) is 25.3 Å². The maximum absolute atomic E-state index is 13.2. The zero-order valence-electron chi connectivity index (χ0n) is 18.4. The Bertz CT molecular complexity index is 1730. The fraction of sp³-hybridized carbons (Fsp3) is 0.0741. The summed E-state index contributed by atoms with van der Waals surface area (Å²) < 4.78 is 11.2. The van der Waals surface area contributed by atoms with Crippen LogP contribution < -0.4 is 16.4 Å². The maximum atomic E-state index is 13.2. The van der Waals surface area contributed by atoms with Gasteiger partial charge in [-0.25, -0.2) is 4.79 Å². The number of anilines is 1. The average Bonchev–Trinajstić information content (AvgIpc) is 2.83. The Kier molecular flexibility index (Phi) is 5.62. The lowest BCUT2D eigenvalue weighted by atomic mass is 9.99. The minimum absolute atomic E-state index is 0.0327. The Balaban J connectivity index is 1.61. The van der Waals surface area contributed by atoms with Crippen LogP contribution in [0.15, 0.2) is 85.4 Å². The van der Waals surface area contributed by atoms with Gasteiger partial charge in [-0.05, 0) is 54.1 Å². The van der Waals surface area contributed by atoms with Gasteiger partial charge in [-0.2, -0.15) is 0 Å². The number of hydrogen-bond donors (Lipinski definition) is 2. The van der Waals surface area contributed by atoms with Crippen LogP contribution >= 0.6 is 11.6 Å². The SMILES string of the molecule is CC(=O)Nc1ccc2occ(Cc3c(O)ccc4cc(-c5ccc(Cl)cc5)c(=O)oc34)c(=O)c2c1. The first-order valence-electron chi connectivity index (χ1n) is 10.7. The summed E-state index contributed by atoms with van der Waals surface area (Å²) in [6.45, 7) is 1.37. The number of halogens is 1. The van der Waals surface area contributed by atoms with E-state index in [2.05, 4.69) is 5.32 Å². The van der Waals surface area contributed by atoms with Gasteiger partial charge in [-0.3, -0.25) is 9.59 Å². The predicted octanol–water partition coefficient (Wildman–Crippen LogP) is 5.47. The van der Waals surface area contributed by atoms with Crippen LogP contribution in [0.3, 0.4) is 0 Å². The molecule has 2 N–H and O–H groups in total. The average molecular weight is 488 g/mol. The van der Waals surface area contributed by atoms with E-state index in [0.717, 1.165) is 0 Å². The van der Waals surface area contributed by atoms with E-state index in [-0.39, 0.29) is 45.6 Å².